The number of thioether (sulfide) groups is 2. The van der Waals surface area contributed by atoms with Gasteiger partial charge in [-0.15, -0.1) is 5.10 Å². The van der Waals surface area contributed by atoms with Crippen molar-refractivity contribution in [3.63, 3.8) is 0 Å². The van der Waals surface area contributed by atoms with Crippen molar-refractivity contribution in [2.24, 2.45) is 10.1 Å². The van der Waals surface area contributed by atoms with Crippen molar-refractivity contribution in [2.75, 3.05) is 5.75 Å². The van der Waals surface area contributed by atoms with E-state index in [1.165, 1.54) is 22.3 Å². The van der Waals surface area contributed by atoms with Crippen LogP contribution in [0.1, 0.15) is 29.4 Å². The highest BCUT2D eigenvalue weighted by Crippen LogP contribution is 2.32. The predicted octanol–water partition coefficient (Wildman–Crippen LogP) is 4.48. The normalized spacial score (nSPS) is 17.6. The third kappa shape index (κ3) is 3.82. The van der Waals surface area contributed by atoms with Gasteiger partial charge in [0.05, 0.1) is 5.57 Å². The van der Waals surface area contributed by atoms with Gasteiger partial charge >= 0.3 is 0 Å². The van der Waals surface area contributed by atoms with Gasteiger partial charge < -0.3 is 4.57 Å². The van der Waals surface area contributed by atoms with Crippen molar-refractivity contribution < 1.29 is 4.79 Å². The number of carbonyl (C=O) groups is 1. The fourth-order valence-corrected chi connectivity index (χ4v) is 5.12. The average molecular weight is 424 g/mol. The molecular formula is C21H21N5OS2. The van der Waals surface area contributed by atoms with Crippen LogP contribution in [-0.2, 0) is 11.3 Å². The maximum absolute atomic E-state index is 12.6. The second-order valence-electron chi connectivity index (χ2n) is 6.72. The van der Waals surface area contributed by atoms with Crippen molar-refractivity contribution in [1.82, 2.24) is 9.58 Å². The minimum atomic E-state index is -0.389. The Labute approximate surface area is 178 Å². The molecule has 2 aliphatic rings. The van der Waals surface area contributed by atoms with Gasteiger partial charge in [0.15, 0.2) is 10.2 Å². The van der Waals surface area contributed by atoms with Crippen molar-refractivity contribution in [3.05, 3.63) is 64.5 Å². The summed E-state index contributed by atoms with van der Waals surface area (Å²) in [5.74, 6) is 0.566. The Kier molecular flexibility index (Phi) is 5.47. The van der Waals surface area contributed by atoms with E-state index in [1.807, 2.05) is 38.1 Å². The van der Waals surface area contributed by atoms with Crippen LogP contribution in [0.25, 0.3) is 6.08 Å². The van der Waals surface area contributed by atoms with Crippen LogP contribution >= 0.6 is 23.5 Å². The largest absolute Gasteiger partial charge is 0.344 e. The first-order valence-electron chi connectivity index (χ1n) is 9.31. The van der Waals surface area contributed by atoms with Gasteiger partial charge in [-0.3, -0.25) is 10.2 Å². The Hall–Kier alpha value is -2.58. The monoisotopic (exact) mass is 423 g/mol. The number of aliphatic imine (C=N–C) groups is 1. The van der Waals surface area contributed by atoms with E-state index in [2.05, 4.69) is 33.7 Å². The minimum absolute atomic E-state index is 0.0760. The Morgan fingerprint density at radius 2 is 2.00 bits per heavy atom. The molecule has 0 spiro atoms. The first-order valence-corrected chi connectivity index (χ1v) is 11.1. The number of amides is 1. The summed E-state index contributed by atoms with van der Waals surface area (Å²) in [6.07, 6.45) is 1.76. The van der Waals surface area contributed by atoms with Gasteiger partial charge in [-0.05, 0) is 54.6 Å². The number of carbonyl (C=O) groups excluding carboxylic acids is 1. The fraction of sp³-hybridized carbons (Fsp3) is 0.238. The standard InChI is InChI=1S/C21H21N5OS2/c1-4-28-21-24-26-18(22)17(19(27)23-20(26)29-21)11-16-10-13(2)25(14(16)3)12-15-8-6-5-7-9-15/h5-11,22H,4,12H2,1-3H3/b17-11+,22-18?. The Balaban J connectivity index is 1.66. The zero-order valence-electron chi connectivity index (χ0n) is 16.5. The molecule has 4 rings (SSSR count). The van der Waals surface area contributed by atoms with Gasteiger partial charge in [-0.1, -0.05) is 49.0 Å². The topological polar surface area (TPSA) is 73.8 Å². The van der Waals surface area contributed by atoms with E-state index in [9.17, 15) is 4.79 Å². The van der Waals surface area contributed by atoms with E-state index in [-0.39, 0.29) is 17.3 Å². The molecule has 0 unspecified atom stereocenters. The number of hydrogen-bond donors (Lipinski definition) is 1. The molecule has 0 fully saturated rings. The molecule has 0 aliphatic carbocycles. The second-order valence-corrected chi connectivity index (χ2v) is 9.18. The molecule has 8 heteroatoms. The quantitative estimate of drug-likeness (QED) is 0.736. The summed E-state index contributed by atoms with van der Waals surface area (Å²) in [7, 11) is 0. The lowest BCUT2D eigenvalue weighted by Crippen LogP contribution is -2.35. The lowest BCUT2D eigenvalue weighted by Gasteiger charge is -2.20. The van der Waals surface area contributed by atoms with E-state index in [1.54, 1.807) is 17.8 Å². The van der Waals surface area contributed by atoms with Crippen molar-refractivity contribution in [1.29, 1.82) is 5.41 Å². The fourth-order valence-electron chi connectivity index (χ4n) is 3.30. The Morgan fingerprint density at radius 3 is 2.72 bits per heavy atom. The molecule has 1 aromatic heterocycles. The number of benzene rings is 1. The van der Waals surface area contributed by atoms with Crippen LogP contribution in [0.15, 0.2) is 52.1 Å². The summed E-state index contributed by atoms with van der Waals surface area (Å²) in [6, 6.07) is 12.3. The summed E-state index contributed by atoms with van der Waals surface area (Å²) >= 11 is 2.92. The van der Waals surface area contributed by atoms with E-state index in [0.29, 0.717) is 5.17 Å². The van der Waals surface area contributed by atoms with Crippen LogP contribution in [0.4, 0.5) is 0 Å². The molecule has 6 nitrogen and oxygen atoms in total. The van der Waals surface area contributed by atoms with Crippen LogP contribution < -0.4 is 0 Å². The molecule has 0 saturated heterocycles. The van der Waals surface area contributed by atoms with Gasteiger partial charge in [0.25, 0.3) is 5.91 Å². The van der Waals surface area contributed by atoms with E-state index < -0.39 is 0 Å². The average Bonchev–Trinajstić information content (AvgIpc) is 3.22. The molecule has 2 aromatic rings. The first-order chi connectivity index (χ1) is 14.0. The van der Waals surface area contributed by atoms with Crippen molar-refractivity contribution >= 4 is 50.9 Å². The summed E-state index contributed by atoms with van der Waals surface area (Å²) in [5, 5.41) is 14.9. The minimum Gasteiger partial charge on any atom is -0.344 e. The highest BCUT2D eigenvalue weighted by Gasteiger charge is 2.35. The molecular weight excluding hydrogens is 402 g/mol. The van der Waals surface area contributed by atoms with Crippen molar-refractivity contribution in [3.8, 4) is 0 Å². The maximum atomic E-state index is 12.6. The van der Waals surface area contributed by atoms with Crippen LogP contribution in [-0.4, -0.2) is 36.6 Å². The van der Waals surface area contributed by atoms with Gasteiger partial charge in [0.2, 0.25) is 5.17 Å². The lowest BCUT2D eigenvalue weighted by atomic mass is 10.1. The Bertz CT molecular complexity index is 1080. The molecule has 3 heterocycles. The summed E-state index contributed by atoms with van der Waals surface area (Å²) in [5.41, 5.74) is 4.56. The zero-order chi connectivity index (χ0) is 20.5. The molecule has 29 heavy (non-hydrogen) atoms. The number of hydrogen-bond acceptors (Lipinski definition) is 5. The number of rotatable bonds is 4. The zero-order valence-corrected chi connectivity index (χ0v) is 18.1. The third-order valence-electron chi connectivity index (χ3n) is 4.80. The van der Waals surface area contributed by atoms with Gasteiger partial charge in [-0.2, -0.15) is 10.0 Å². The van der Waals surface area contributed by atoms with Crippen LogP contribution in [0, 0.1) is 19.3 Å². The first kappa shape index (κ1) is 19.7. The predicted molar refractivity (Wildman–Crippen MR) is 123 cm³/mol. The number of aryl methyl sites for hydroxylation is 1. The van der Waals surface area contributed by atoms with Crippen LogP contribution in [0.5, 0.6) is 0 Å². The summed E-state index contributed by atoms with van der Waals surface area (Å²) in [4.78, 5) is 16.8. The van der Waals surface area contributed by atoms with Crippen molar-refractivity contribution in [2.45, 2.75) is 27.3 Å². The lowest BCUT2D eigenvalue weighted by molar-refractivity contribution is -0.114. The molecule has 0 saturated carbocycles. The highest BCUT2D eigenvalue weighted by atomic mass is 32.2. The summed E-state index contributed by atoms with van der Waals surface area (Å²) < 4.78 is 3.03. The maximum Gasteiger partial charge on any atom is 0.283 e. The smallest absolute Gasteiger partial charge is 0.283 e. The van der Waals surface area contributed by atoms with Gasteiger partial charge in [0, 0.05) is 17.9 Å². The molecule has 148 valence electrons. The Morgan fingerprint density at radius 1 is 1.24 bits per heavy atom. The number of hydrazone groups is 1. The molecule has 0 atom stereocenters. The van der Waals surface area contributed by atoms with Crippen LogP contribution in [0.3, 0.4) is 0 Å². The van der Waals surface area contributed by atoms with E-state index >= 15 is 0 Å². The number of amidine groups is 2. The molecule has 1 N–H and O–H groups in total. The number of nitrogens with zero attached hydrogens (tertiary/aromatic N) is 4. The summed E-state index contributed by atoms with van der Waals surface area (Å²) in [6.45, 7) is 6.89. The highest BCUT2D eigenvalue weighted by molar-refractivity contribution is 8.45. The molecule has 1 amide bonds. The second kappa shape index (κ2) is 8.04. The number of nitrogens with one attached hydrogen (secondary N) is 1. The van der Waals surface area contributed by atoms with Gasteiger partial charge in [0.1, 0.15) is 0 Å². The number of aromatic nitrogens is 1. The SMILES string of the molecule is CCSC1=NN2C(=N)/C(=C\c3cc(C)n(Cc4ccccc4)c3C)C(=O)N=C2S1. The van der Waals surface area contributed by atoms with Crippen LogP contribution in [0.2, 0.25) is 0 Å². The van der Waals surface area contributed by atoms with Gasteiger partial charge in [-0.25, -0.2) is 0 Å². The molecule has 1 aromatic carbocycles. The molecule has 0 bridgehead atoms. The number of fused-ring (bicyclic) bond motifs is 1. The van der Waals surface area contributed by atoms with E-state index in [0.717, 1.165) is 33.6 Å². The molecule has 2 aliphatic heterocycles. The van der Waals surface area contributed by atoms with E-state index in [4.69, 9.17) is 5.41 Å². The molecule has 0 radical (unpaired) electrons. The third-order valence-corrected chi connectivity index (χ3v) is 6.72.